The lowest BCUT2D eigenvalue weighted by atomic mass is 9.93. The minimum absolute atomic E-state index is 0.0132. The number of hydrogen-bond donors (Lipinski definition) is 2. The Balaban J connectivity index is 2.36. The number of aliphatic hydroxyl groups excluding tert-OH is 1. The fourth-order valence-electron chi connectivity index (χ4n) is 3.19. The van der Waals surface area contributed by atoms with Crippen molar-refractivity contribution in [2.75, 3.05) is 6.61 Å². The number of benzene rings is 1. The predicted octanol–water partition coefficient (Wildman–Crippen LogP) is 4.90. The van der Waals surface area contributed by atoms with Crippen LogP contribution in [0.15, 0.2) is 24.3 Å². The van der Waals surface area contributed by atoms with Gasteiger partial charge in [-0.2, -0.15) is 0 Å². The number of aryl methyl sites for hydroxylation is 1. The number of carbonyl (C=O) groups excluding carboxylic acids is 1. The van der Waals surface area contributed by atoms with E-state index in [-0.39, 0.29) is 12.4 Å². The molecule has 0 aliphatic heterocycles. The van der Waals surface area contributed by atoms with Crippen LogP contribution in [0, 0.1) is 5.92 Å². The third kappa shape index (κ3) is 8.64. The van der Waals surface area contributed by atoms with Crippen molar-refractivity contribution < 1.29 is 9.90 Å². The van der Waals surface area contributed by atoms with E-state index in [0.717, 1.165) is 42.7 Å². The summed E-state index contributed by atoms with van der Waals surface area (Å²) < 4.78 is 0. The lowest BCUT2D eigenvalue weighted by Crippen LogP contribution is -2.40. The molecule has 142 valence electrons. The molecule has 0 heterocycles. The maximum atomic E-state index is 12.3. The van der Waals surface area contributed by atoms with E-state index in [4.69, 9.17) is 5.73 Å². The zero-order valence-electron chi connectivity index (χ0n) is 16.4. The smallest absolute Gasteiger partial charge is 0.162 e. The number of hydrogen-bond acceptors (Lipinski definition) is 3. The second-order valence-electron chi connectivity index (χ2n) is 7.74. The standard InChI is InChI=1S/C22H37NO2/c1-4-8-18(5-2)9-6-7-10-21(25)20-13-11-19(12-14-20)15-16-22(3,23)17-24/h11-14,18,24H,4-10,15-17,23H2,1-3H3. The van der Waals surface area contributed by atoms with E-state index in [2.05, 4.69) is 13.8 Å². The van der Waals surface area contributed by atoms with E-state index in [9.17, 15) is 9.90 Å². The molecule has 1 aromatic rings. The molecule has 0 aromatic heterocycles. The highest BCUT2D eigenvalue weighted by Crippen LogP contribution is 2.19. The van der Waals surface area contributed by atoms with Crippen LogP contribution in [-0.4, -0.2) is 23.0 Å². The Kier molecular flexibility index (Phi) is 9.99. The number of ketones is 1. The van der Waals surface area contributed by atoms with Gasteiger partial charge in [-0.15, -0.1) is 0 Å². The summed E-state index contributed by atoms with van der Waals surface area (Å²) >= 11 is 0. The number of carbonyl (C=O) groups is 1. The van der Waals surface area contributed by atoms with Crippen molar-refractivity contribution in [1.82, 2.24) is 0 Å². The van der Waals surface area contributed by atoms with Crippen molar-refractivity contribution in [1.29, 1.82) is 0 Å². The summed E-state index contributed by atoms with van der Waals surface area (Å²) in [6.45, 7) is 6.35. The summed E-state index contributed by atoms with van der Waals surface area (Å²) in [5.74, 6) is 1.07. The molecule has 0 saturated carbocycles. The first-order valence-corrected chi connectivity index (χ1v) is 9.93. The van der Waals surface area contributed by atoms with Crippen molar-refractivity contribution in [3.8, 4) is 0 Å². The highest BCUT2D eigenvalue weighted by Gasteiger charge is 2.16. The molecule has 0 amide bonds. The second-order valence-corrected chi connectivity index (χ2v) is 7.74. The zero-order valence-corrected chi connectivity index (χ0v) is 16.4. The Morgan fingerprint density at radius 1 is 1.16 bits per heavy atom. The van der Waals surface area contributed by atoms with Crippen molar-refractivity contribution in [3.63, 3.8) is 0 Å². The Morgan fingerprint density at radius 2 is 1.84 bits per heavy atom. The van der Waals surface area contributed by atoms with E-state index in [1.165, 1.54) is 25.7 Å². The van der Waals surface area contributed by atoms with Gasteiger partial charge in [0.2, 0.25) is 0 Å². The summed E-state index contributed by atoms with van der Waals surface area (Å²) in [6, 6.07) is 7.87. The van der Waals surface area contributed by atoms with Crippen LogP contribution in [0.5, 0.6) is 0 Å². The molecule has 0 fully saturated rings. The number of Topliss-reactive ketones (excluding diaryl/α,β-unsaturated/α-hetero) is 1. The van der Waals surface area contributed by atoms with Gasteiger partial charge in [0.05, 0.1) is 6.61 Å². The topological polar surface area (TPSA) is 63.3 Å². The van der Waals surface area contributed by atoms with E-state index >= 15 is 0 Å². The normalized spacial score (nSPS) is 14.9. The van der Waals surface area contributed by atoms with Gasteiger partial charge in [-0.3, -0.25) is 4.79 Å². The number of nitrogens with two attached hydrogens (primary N) is 1. The molecular formula is C22H37NO2. The minimum atomic E-state index is -0.539. The number of rotatable bonds is 13. The van der Waals surface area contributed by atoms with E-state index in [1.807, 2.05) is 31.2 Å². The fourth-order valence-corrected chi connectivity index (χ4v) is 3.19. The van der Waals surface area contributed by atoms with Crippen LogP contribution in [-0.2, 0) is 6.42 Å². The molecule has 25 heavy (non-hydrogen) atoms. The summed E-state index contributed by atoms with van der Waals surface area (Å²) in [4.78, 5) is 12.3. The van der Waals surface area contributed by atoms with Crippen LogP contribution in [0.3, 0.4) is 0 Å². The molecule has 0 spiro atoms. The lowest BCUT2D eigenvalue weighted by molar-refractivity contribution is 0.0978. The van der Waals surface area contributed by atoms with Crippen LogP contribution in [0.2, 0.25) is 0 Å². The molecule has 0 bridgehead atoms. The van der Waals surface area contributed by atoms with Gasteiger partial charge >= 0.3 is 0 Å². The van der Waals surface area contributed by atoms with Crippen molar-refractivity contribution in [2.45, 2.75) is 84.1 Å². The fraction of sp³-hybridized carbons (Fsp3) is 0.682. The maximum absolute atomic E-state index is 12.3. The van der Waals surface area contributed by atoms with Gasteiger partial charge in [0.25, 0.3) is 0 Å². The Labute approximate surface area is 154 Å². The molecule has 2 unspecified atom stereocenters. The first kappa shape index (κ1) is 21.9. The van der Waals surface area contributed by atoms with Crippen LogP contribution in [0.1, 0.15) is 88.1 Å². The molecule has 3 heteroatoms. The molecule has 2 atom stereocenters. The highest BCUT2D eigenvalue weighted by atomic mass is 16.3. The Morgan fingerprint density at radius 3 is 2.40 bits per heavy atom. The van der Waals surface area contributed by atoms with Crippen molar-refractivity contribution >= 4 is 5.78 Å². The van der Waals surface area contributed by atoms with Crippen LogP contribution >= 0.6 is 0 Å². The SMILES string of the molecule is CCCC(CC)CCCCC(=O)c1ccc(CCC(C)(N)CO)cc1. The van der Waals surface area contributed by atoms with Gasteiger partial charge in [0, 0.05) is 17.5 Å². The molecular weight excluding hydrogens is 310 g/mol. The van der Waals surface area contributed by atoms with Gasteiger partial charge < -0.3 is 10.8 Å². The van der Waals surface area contributed by atoms with Gasteiger partial charge in [-0.25, -0.2) is 0 Å². The van der Waals surface area contributed by atoms with Crippen LogP contribution in [0.4, 0.5) is 0 Å². The quantitative estimate of drug-likeness (QED) is 0.394. The van der Waals surface area contributed by atoms with Gasteiger partial charge in [-0.1, -0.05) is 70.2 Å². The lowest BCUT2D eigenvalue weighted by Gasteiger charge is -2.21. The minimum Gasteiger partial charge on any atom is -0.394 e. The van der Waals surface area contributed by atoms with Gasteiger partial charge in [-0.05, 0) is 37.7 Å². The molecule has 0 aliphatic rings. The first-order chi connectivity index (χ1) is 11.9. The van der Waals surface area contributed by atoms with Crippen molar-refractivity contribution in [3.05, 3.63) is 35.4 Å². The van der Waals surface area contributed by atoms with E-state index < -0.39 is 5.54 Å². The van der Waals surface area contributed by atoms with Crippen molar-refractivity contribution in [2.24, 2.45) is 11.7 Å². The van der Waals surface area contributed by atoms with Gasteiger partial charge in [0.15, 0.2) is 5.78 Å². The molecule has 1 rings (SSSR count). The second kappa shape index (κ2) is 11.4. The maximum Gasteiger partial charge on any atom is 0.162 e. The molecule has 1 aromatic carbocycles. The average Bonchev–Trinajstić information content (AvgIpc) is 2.62. The molecule has 0 aliphatic carbocycles. The van der Waals surface area contributed by atoms with E-state index in [1.54, 1.807) is 0 Å². The molecule has 0 radical (unpaired) electrons. The summed E-state index contributed by atoms with van der Waals surface area (Å²) in [5.41, 5.74) is 7.38. The third-order valence-corrected chi connectivity index (χ3v) is 5.16. The molecule has 0 saturated heterocycles. The predicted molar refractivity (Wildman–Crippen MR) is 106 cm³/mol. The van der Waals surface area contributed by atoms with Gasteiger partial charge in [0.1, 0.15) is 0 Å². The first-order valence-electron chi connectivity index (χ1n) is 9.93. The van der Waals surface area contributed by atoms with Crippen LogP contribution in [0.25, 0.3) is 0 Å². The Bertz CT molecular complexity index is 493. The molecule has 3 N–H and O–H groups in total. The highest BCUT2D eigenvalue weighted by molar-refractivity contribution is 5.96. The Hall–Kier alpha value is -1.19. The average molecular weight is 348 g/mol. The largest absolute Gasteiger partial charge is 0.394 e. The molecule has 3 nitrogen and oxygen atoms in total. The van der Waals surface area contributed by atoms with Crippen LogP contribution < -0.4 is 5.73 Å². The monoisotopic (exact) mass is 347 g/mol. The summed E-state index contributed by atoms with van der Waals surface area (Å²) in [5, 5.41) is 9.20. The number of aliphatic hydroxyl groups is 1. The van der Waals surface area contributed by atoms with E-state index in [0.29, 0.717) is 6.42 Å². The number of unbranched alkanes of at least 4 members (excludes halogenated alkanes) is 1. The third-order valence-electron chi connectivity index (χ3n) is 5.16. The summed E-state index contributed by atoms with van der Waals surface area (Å²) in [6.07, 6.45) is 9.40. The zero-order chi connectivity index (χ0) is 18.7. The summed E-state index contributed by atoms with van der Waals surface area (Å²) in [7, 11) is 0.